The second kappa shape index (κ2) is 3.14. The van der Waals surface area contributed by atoms with Crippen LogP contribution in [0.5, 0.6) is 0 Å². The number of rotatable bonds is 1. The predicted molar refractivity (Wildman–Crippen MR) is 47.4 cm³/mol. The SMILES string of the molecule is CC(C)(C)[C@H]1CC[C@@H](CO)C1. The molecule has 1 aliphatic rings. The number of aliphatic hydroxyl groups excluding tert-OH is 1. The Kier molecular flexibility index (Phi) is 2.58. The molecule has 1 aliphatic carbocycles. The molecule has 0 spiro atoms. The Hall–Kier alpha value is -0.0400. The first-order chi connectivity index (χ1) is 5.04. The molecule has 1 heteroatoms. The van der Waals surface area contributed by atoms with Crippen LogP contribution in [0.15, 0.2) is 0 Å². The molecule has 0 bridgehead atoms. The predicted octanol–water partition coefficient (Wildman–Crippen LogP) is 2.44. The Bertz CT molecular complexity index is 123. The van der Waals surface area contributed by atoms with Crippen LogP contribution in [-0.4, -0.2) is 11.7 Å². The molecule has 0 heterocycles. The van der Waals surface area contributed by atoms with Crippen molar-refractivity contribution in [3.05, 3.63) is 0 Å². The van der Waals surface area contributed by atoms with Crippen LogP contribution in [0.25, 0.3) is 0 Å². The third kappa shape index (κ3) is 2.19. The Morgan fingerprint density at radius 2 is 1.91 bits per heavy atom. The van der Waals surface area contributed by atoms with E-state index >= 15 is 0 Å². The molecule has 1 N–H and O–H groups in total. The average Bonchev–Trinajstić information content (AvgIpc) is 2.32. The van der Waals surface area contributed by atoms with E-state index in [9.17, 15) is 0 Å². The molecule has 0 saturated heterocycles. The zero-order valence-electron chi connectivity index (χ0n) is 7.93. The van der Waals surface area contributed by atoms with Gasteiger partial charge < -0.3 is 5.11 Å². The van der Waals surface area contributed by atoms with Gasteiger partial charge >= 0.3 is 0 Å². The van der Waals surface area contributed by atoms with Crippen LogP contribution in [0.4, 0.5) is 0 Å². The van der Waals surface area contributed by atoms with Gasteiger partial charge in [0.1, 0.15) is 0 Å². The van der Waals surface area contributed by atoms with Gasteiger partial charge in [0.25, 0.3) is 0 Å². The van der Waals surface area contributed by atoms with Crippen molar-refractivity contribution < 1.29 is 5.11 Å². The molecular formula is C10H20O. The summed E-state index contributed by atoms with van der Waals surface area (Å²) in [5.74, 6) is 1.43. The van der Waals surface area contributed by atoms with E-state index in [1.54, 1.807) is 0 Å². The summed E-state index contributed by atoms with van der Waals surface area (Å²) in [5.41, 5.74) is 0.448. The van der Waals surface area contributed by atoms with Crippen molar-refractivity contribution in [2.75, 3.05) is 6.61 Å². The zero-order valence-corrected chi connectivity index (χ0v) is 7.93. The summed E-state index contributed by atoms with van der Waals surface area (Å²) < 4.78 is 0. The molecular weight excluding hydrogens is 136 g/mol. The summed E-state index contributed by atoms with van der Waals surface area (Å²) in [6.45, 7) is 7.30. The lowest BCUT2D eigenvalue weighted by Gasteiger charge is -2.26. The minimum atomic E-state index is 0.395. The van der Waals surface area contributed by atoms with Gasteiger partial charge in [-0.15, -0.1) is 0 Å². The highest BCUT2D eigenvalue weighted by Gasteiger charge is 2.32. The third-order valence-corrected chi connectivity index (χ3v) is 3.02. The Balaban J connectivity index is 2.42. The largest absolute Gasteiger partial charge is 0.396 e. The van der Waals surface area contributed by atoms with E-state index < -0.39 is 0 Å². The summed E-state index contributed by atoms with van der Waals surface area (Å²) in [5, 5.41) is 8.95. The number of aliphatic hydroxyl groups is 1. The second-order valence-electron chi connectivity index (χ2n) is 4.92. The lowest BCUT2D eigenvalue weighted by Crippen LogP contribution is -2.17. The maximum Gasteiger partial charge on any atom is 0.0459 e. The zero-order chi connectivity index (χ0) is 8.48. The molecule has 0 aromatic rings. The van der Waals surface area contributed by atoms with Crippen molar-refractivity contribution in [3.8, 4) is 0 Å². The molecule has 1 saturated carbocycles. The molecule has 11 heavy (non-hydrogen) atoms. The van der Waals surface area contributed by atoms with Crippen LogP contribution >= 0.6 is 0 Å². The minimum absolute atomic E-state index is 0.395. The fraction of sp³-hybridized carbons (Fsp3) is 1.00. The lowest BCUT2D eigenvalue weighted by molar-refractivity contribution is 0.201. The maximum atomic E-state index is 8.95. The molecule has 66 valence electrons. The van der Waals surface area contributed by atoms with Gasteiger partial charge in [-0.05, 0) is 36.5 Å². The minimum Gasteiger partial charge on any atom is -0.396 e. The van der Waals surface area contributed by atoms with E-state index in [4.69, 9.17) is 5.11 Å². The van der Waals surface area contributed by atoms with Gasteiger partial charge in [0, 0.05) is 6.61 Å². The molecule has 0 amide bonds. The van der Waals surface area contributed by atoms with E-state index in [1.165, 1.54) is 19.3 Å². The van der Waals surface area contributed by atoms with Gasteiger partial charge in [-0.1, -0.05) is 20.8 Å². The molecule has 1 fully saturated rings. The molecule has 2 atom stereocenters. The van der Waals surface area contributed by atoms with Crippen LogP contribution in [0.2, 0.25) is 0 Å². The molecule has 0 radical (unpaired) electrons. The van der Waals surface area contributed by atoms with E-state index in [-0.39, 0.29) is 0 Å². The molecule has 0 unspecified atom stereocenters. The molecule has 0 aromatic heterocycles. The monoisotopic (exact) mass is 156 g/mol. The van der Waals surface area contributed by atoms with Crippen molar-refractivity contribution in [3.63, 3.8) is 0 Å². The summed E-state index contributed by atoms with van der Waals surface area (Å²) in [6, 6.07) is 0. The smallest absolute Gasteiger partial charge is 0.0459 e. The summed E-state index contributed by atoms with van der Waals surface area (Å²) >= 11 is 0. The summed E-state index contributed by atoms with van der Waals surface area (Å²) in [7, 11) is 0. The van der Waals surface area contributed by atoms with Crippen molar-refractivity contribution in [2.45, 2.75) is 40.0 Å². The van der Waals surface area contributed by atoms with Crippen LogP contribution in [0.3, 0.4) is 0 Å². The fourth-order valence-electron chi connectivity index (χ4n) is 2.03. The lowest BCUT2D eigenvalue weighted by atomic mass is 9.79. The maximum absolute atomic E-state index is 8.95. The van der Waals surface area contributed by atoms with Gasteiger partial charge in [-0.2, -0.15) is 0 Å². The molecule has 1 rings (SSSR count). The Morgan fingerprint density at radius 1 is 1.27 bits per heavy atom. The van der Waals surface area contributed by atoms with Crippen LogP contribution in [-0.2, 0) is 0 Å². The van der Waals surface area contributed by atoms with Crippen molar-refractivity contribution in [1.82, 2.24) is 0 Å². The van der Waals surface area contributed by atoms with Crippen LogP contribution in [0, 0.1) is 17.3 Å². The Labute approximate surface area is 69.8 Å². The highest BCUT2D eigenvalue weighted by Crippen LogP contribution is 2.41. The first-order valence-corrected chi connectivity index (χ1v) is 4.65. The highest BCUT2D eigenvalue weighted by atomic mass is 16.3. The first-order valence-electron chi connectivity index (χ1n) is 4.65. The number of hydrogen-bond acceptors (Lipinski definition) is 1. The van der Waals surface area contributed by atoms with Gasteiger partial charge in [0.15, 0.2) is 0 Å². The summed E-state index contributed by atoms with van der Waals surface area (Å²) in [6.07, 6.45) is 3.78. The summed E-state index contributed by atoms with van der Waals surface area (Å²) in [4.78, 5) is 0. The van der Waals surface area contributed by atoms with E-state index in [1.807, 2.05) is 0 Å². The Morgan fingerprint density at radius 3 is 2.18 bits per heavy atom. The van der Waals surface area contributed by atoms with Crippen molar-refractivity contribution in [1.29, 1.82) is 0 Å². The van der Waals surface area contributed by atoms with Crippen LogP contribution in [0.1, 0.15) is 40.0 Å². The van der Waals surface area contributed by atoms with E-state index in [0.29, 0.717) is 17.9 Å². The van der Waals surface area contributed by atoms with Crippen LogP contribution < -0.4 is 0 Å². The van der Waals surface area contributed by atoms with Gasteiger partial charge in [0.05, 0.1) is 0 Å². The fourth-order valence-corrected chi connectivity index (χ4v) is 2.03. The van der Waals surface area contributed by atoms with Gasteiger partial charge in [-0.3, -0.25) is 0 Å². The quantitative estimate of drug-likeness (QED) is 0.618. The van der Waals surface area contributed by atoms with Crippen molar-refractivity contribution in [2.24, 2.45) is 17.3 Å². The molecule has 1 nitrogen and oxygen atoms in total. The normalized spacial score (nSPS) is 32.7. The first kappa shape index (κ1) is 9.05. The highest BCUT2D eigenvalue weighted by molar-refractivity contribution is 4.82. The standard InChI is InChI=1S/C10H20O/c1-10(2,3)9-5-4-8(6-9)7-11/h8-9,11H,4-7H2,1-3H3/t8-,9+/m1/s1. The number of hydrogen-bond donors (Lipinski definition) is 1. The topological polar surface area (TPSA) is 20.2 Å². The second-order valence-corrected chi connectivity index (χ2v) is 4.92. The molecule has 0 aliphatic heterocycles. The van der Waals surface area contributed by atoms with Crippen molar-refractivity contribution >= 4 is 0 Å². The van der Waals surface area contributed by atoms with E-state index in [2.05, 4.69) is 20.8 Å². The molecule has 0 aromatic carbocycles. The van der Waals surface area contributed by atoms with Gasteiger partial charge in [-0.25, -0.2) is 0 Å². The average molecular weight is 156 g/mol. The van der Waals surface area contributed by atoms with Gasteiger partial charge in [0.2, 0.25) is 0 Å². The third-order valence-electron chi connectivity index (χ3n) is 3.02. The van der Waals surface area contributed by atoms with E-state index in [0.717, 1.165) is 5.92 Å².